The second-order valence-corrected chi connectivity index (χ2v) is 8.97. The fourth-order valence-corrected chi connectivity index (χ4v) is 4.37. The first-order chi connectivity index (χ1) is 17.5. The zero-order valence-corrected chi connectivity index (χ0v) is 20.6. The highest BCUT2D eigenvalue weighted by molar-refractivity contribution is 6.04. The second kappa shape index (κ2) is 10.5. The van der Waals surface area contributed by atoms with Crippen LogP contribution in [0.25, 0.3) is 10.9 Å². The third kappa shape index (κ3) is 5.26. The average molecular weight is 494 g/mol. The van der Waals surface area contributed by atoms with Crippen LogP contribution in [-0.2, 0) is 14.3 Å². The summed E-state index contributed by atoms with van der Waals surface area (Å²) in [5.74, 6) is 0.464. The van der Waals surface area contributed by atoms with Crippen molar-refractivity contribution in [3.63, 3.8) is 0 Å². The highest BCUT2D eigenvalue weighted by Crippen LogP contribution is 2.25. The molecule has 2 fully saturated rings. The first-order valence-corrected chi connectivity index (χ1v) is 12.2. The van der Waals surface area contributed by atoms with Crippen molar-refractivity contribution in [1.82, 2.24) is 19.9 Å². The minimum atomic E-state index is -0.348. The third-order valence-corrected chi connectivity index (χ3v) is 6.59. The summed E-state index contributed by atoms with van der Waals surface area (Å²) in [5.41, 5.74) is 4.17. The summed E-state index contributed by atoms with van der Waals surface area (Å²) in [5, 5.41) is 7.11. The largest absolute Gasteiger partial charge is 0.378 e. The Kier molecular flexibility index (Phi) is 7.01. The van der Waals surface area contributed by atoms with Crippen LogP contribution in [0.2, 0.25) is 0 Å². The molecule has 0 saturated carbocycles. The van der Waals surface area contributed by atoms with Crippen molar-refractivity contribution in [2.24, 2.45) is 0 Å². The Morgan fingerprint density at radius 1 is 1.00 bits per heavy atom. The third-order valence-electron chi connectivity index (χ3n) is 6.59. The van der Waals surface area contributed by atoms with E-state index in [1.165, 1.54) is 0 Å². The smallest absolute Gasteiger partial charge is 0.274 e. The van der Waals surface area contributed by atoms with Crippen LogP contribution in [0, 0.1) is 13.8 Å². The van der Waals surface area contributed by atoms with Gasteiger partial charge in [0.25, 0.3) is 5.91 Å². The second-order valence-electron chi connectivity index (χ2n) is 8.97. The molecule has 2 aromatic heterocycles. The van der Waals surface area contributed by atoms with Gasteiger partial charge in [-0.25, -0.2) is 4.98 Å². The van der Waals surface area contributed by atoms with Crippen LogP contribution >= 0.6 is 0 Å². The molecule has 2 aliphatic heterocycles. The topological polar surface area (TPSA) is 125 Å². The SMILES string of the molecule is Cc1[nH]c2ccc(NC(=O)c3cc(NCC(=O)N4CCOCC4)nc(N4CCOCC4)n3)cc2c1C. The normalized spacial score (nSPS) is 16.3. The van der Waals surface area contributed by atoms with Gasteiger partial charge in [-0.15, -0.1) is 0 Å². The maximum atomic E-state index is 13.2. The summed E-state index contributed by atoms with van der Waals surface area (Å²) in [6, 6.07) is 7.35. The van der Waals surface area contributed by atoms with E-state index in [-0.39, 0.29) is 24.1 Å². The van der Waals surface area contributed by atoms with Gasteiger partial charge in [0.05, 0.1) is 33.0 Å². The number of hydrogen-bond acceptors (Lipinski definition) is 8. The Bertz CT molecular complexity index is 1260. The maximum absolute atomic E-state index is 13.2. The predicted molar refractivity (Wildman–Crippen MR) is 137 cm³/mol. The van der Waals surface area contributed by atoms with Crippen molar-refractivity contribution in [1.29, 1.82) is 0 Å². The molecule has 2 aliphatic rings. The van der Waals surface area contributed by atoms with E-state index in [1.54, 1.807) is 11.0 Å². The van der Waals surface area contributed by atoms with Crippen molar-refractivity contribution in [3.05, 3.63) is 41.2 Å². The molecule has 4 heterocycles. The number of carbonyl (C=O) groups excluding carboxylic acids is 2. The van der Waals surface area contributed by atoms with E-state index >= 15 is 0 Å². The quantitative estimate of drug-likeness (QED) is 0.476. The van der Waals surface area contributed by atoms with E-state index in [2.05, 4.69) is 32.5 Å². The molecule has 0 spiro atoms. The molecule has 2 saturated heterocycles. The number of rotatable bonds is 6. The lowest BCUT2D eigenvalue weighted by atomic mass is 10.1. The molecule has 1 aromatic carbocycles. The lowest BCUT2D eigenvalue weighted by Gasteiger charge is -2.28. The van der Waals surface area contributed by atoms with Gasteiger partial charge in [-0.2, -0.15) is 4.98 Å². The number of aromatic amines is 1. The maximum Gasteiger partial charge on any atom is 0.274 e. The number of morpholine rings is 2. The average Bonchev–Trinajstić information content (AvgIpc) is 3.20. The number of aromatic nitrogens is 3. The molecule has 11 heteroatoms. The number of H-pyrrole nitrogens is 1. The van der Waals surface area contributed by atoms with Gasteiger partial charge in [0.15, 0.2) is 0 Å². The number of fused-ring (bicyclic) bond motifs is 1. The first-order valence-electron chi connectivity index (χ1n) is 12.2. The summed E-state index contributed by atoms with van der Waals surface area (Å²) in [4.78, 5) is 42.1. The zero-order chi connectivity index (χ0) is 25.1. The van der Waals surface area contributed by atoms with E-state index in [1.807, 2.05) is 30.0 Å². The van der Waals surface area contributed by atoms with Gasteiger partial charge in [0.2, 0.25) is 11.9 Å². The molecule has 0 aliphatic carbocycles. The fraction of sp³-hybridized carbons (Fsp3) is 0.440. The minimum absolute atomic E-state index is 0.0405. The molecule has 3 aromatic rings. The number of ether oxygens (including phenoxy) is 2. The van der Waals surface area contributed by atoms with E-state index < -0.39 is 0 Å². The van der Waals surface area contributed by atoms with Gasteiger partial charge in [-0.1, -0.05) is 0 Å². The number of hydrogen-bond donors (Lipinski definition) is 3. The Balaban J connectivity index is 1.36. The number of nitrogens with one attached hydrogen (secondary N) is 3. The van der Waals surface area contributed by atoms with Crippen LogP contribution in [0.1, 0.15) is 21.7 Å². The van der Waals surface area contributed by atoms with Crippen LogP contribution in [0.5, 0.6) is 0 Å². The molecule has 0 atom stereocenters. The van der Waals surface area contributed by atoms with Crippen LogP contribution in [0.4, 0.5) is 17.5 Å². The number of nitrogens with zero attached hydrogens (tertiary/aromatic N) is 4. The number of benzene rings is 1. The van der Waals surface area contributed by atoms with Gasteiger partial charge < -0.3 is 34.9 Å². The standard InChI is InChI=1S/C25H31N7O4/c1-16-17(2)27-20-4-3-18(13-19(16)20)28-24(34)21-14-22(26-15-23(33)31-5-9-35-10-6-31)30-25(29-21)32-7-11-36-12-8-32/h3-4,13-14,27H,5-12,15H2,1-2H3,(H,28,34)(H,26,29,30). The summed E-state index contributed by atoms with van der Waals surface area (Å²) in [6.07, 6.45) is 0. The molecule has 3 N–H and O–H groups in total. The molecule has 0 unspecified atom stereocenters. The molecule has 36 heavy (non-hydrogen) atoms. The number of carbonyl (C=O) groups is 2. The molecule has 5 rings (SSSR count). The molecule has 2 amide bonds. The van der Waals surface area contributed by atoms with Gasteiger partial charge in [-0.3, -0.25) is 9.59 Å². The van der Waals surface area contributed by atoms with Crippen molar-refractivity contribution < 1.29 is 19.1 Å². The Labute approximate surface area is 209 Å². The highest BCUT2D eigenvalue weighted by atomic mass is 16.5. The molecule has 0 bridgehead atoms. The number of aryl methyl sites for hydroxylation is 2. The number of amides is 2. The van der Waals surface area contributed by atoms with Crippen LogP contribution in [0.3, 0.4) is 0 Å². The number of anilines is 3. The lowest BCUT2D eigenvalue weighted by Crippen LogP contribution is -2.43. The summed E-state index contributed by atoms with van der Waals surface area (Å²) < 4.78 is 10.8. The van der Waals surface area contributed by atoms with Crippen LogP contribution in [-0.4, -0.2) is 90.8 Å². The van der Waals surface area contributed by atoms with Gasteiger partial charge in [0, 0.05) is 54.5 Å². The van der Waals surface area contributed by atoms with Crippen molar-refractivity contribution in [3.8, 4) is 0 Å². The van der Waals surface area contributed by atoms with Gasteiger partial charge in [0.1, 0.15) is 11.5 Å². The summed E-state index contributed by atoms with van der Waals surface area (Å²) >= 11 is 0. The van der Waals surface area contributed by atoms with E-state index in [0.717, 1.165) is 22.2 Å². The summed E-state index contributed by atoms with van der Waals surface area (Å²) in [6.45, 7) is 8.75. The first kappa shape index (κ1) is 24.0. The molecule has 190 valence electrons. The Morgan fingerprint density at radius 2 is 1.72 bits per heavy atom. The molecule has 11 nitrogen and oxygen atoms in total. The molecule has 0 radical (unpaired) electrons. The zero-order valence-electron chi connectivity index (χ0n) is 20.6. The van der Waals surface area contributed by atoms with Crippen LogP contribution in [0.15, 0.2) is 24.3 Å². The van der Waals surface area contributed by atoms with Gasteiger partial charge >= 0.3 is 0 Å². The van der Waals surface area contributed by atoms with Crippen molar-refractivity contribution in [2.75, 3.05) is 74.7 Å². The van der Waals surface area contributed by atoms with Crippen molar-refractivity contribution in [2.45, 2.75) is 13.8 Å². The highest BCUT2D eigenvalue weighted by Gasteiger charge is 2.21. The minimum Gasteiger partial charge on any atom is -0.378 e. The van der Waals surface area contributed by atoms with Crippen molar-refractivity contribution >= 4 is 40.2 Å². The molecular formula is C25H31N7O4. The van der Waals surface area contributed by atoms with Gasteiger partial charge in [-0.05, 0) is 37.6 Å². The monoisotopic (exact) mass is 493 g/mol. The Hall–Kier alpha value is -3.70. The van der Waals surface area contributed by atoms with E-state index in [9.17, 15) is 9.59 Å². The van der Waals surface area contributed by atoms with E-state index in [4.69, 9.17) is 9.47 Å². The fourth-order valence-electron chi connectivity index (χ4n) is 4.37. The molecular weight excluding hydrogens is 462 g/mol. The Morgan fingerprint density at radius 3 is 2.47 bits per heavy atom. The van der Waals surface area contributed by atoms with Crippen LogP contribution < -0.4 is 15.5 Å². The van der Waals surface area contributed by atoms with E-state index in [0.29, 0.717) is 70.1 Å². The lowest BCUT2D eigenvalue weighted by molar-refractivity contribution is -0.133. The predicted octanol–water partition coefficient (Wildman–Crippen LogP) is 1.93. The summed E-state index contributed by atoms with van der Waals surface area (Å²) in [7, 11) is 0.